The van der Waals surface area contributed by atoms with Gasteiger partial charge >= 0.3 is 0 Å². The molecule has 0 aromatic heterocycles. The van der Waals surface area contributed by atoms with Gasteiger partial charge in [0.15, 0.2) is 0 Å². The van der Waals surface area contributed by atoms with Crippen LogP contribution < -0.4 is 5.73 Å². The standard InChI is InChI=1S/C12H25N/c1-6-12(13)11(10(4)5)8-7-9(2)3/h7-12H,6,13H2,1-5H3. The molecule has 2 atom stereocenters. The van der Waals surface area contributed by atoms with E-state index in [1.165, 1.54) is 0 Å². The van der Waals surface area contributed by atoms with Crippen LogP contribution in [0.3, 0.4) is 0 Å². The molecule has 0 amide bonds. The van der Waals surface area contributed by atoms with Crippen LogP contribution in [-0.4, -0.2) is 6.04 Å². The van der Waals surface area contributed by atoms with Gasteiger partial charge < -0.3 is 5.73 Å². The van der Waals surface area contributed by atoms with E-state index in [0.717, 1.165) is 6.42 Å². The van der Waals surface area contributed by atoms with E-state index < -0.39 is 0 Å². The van der Waals surface area contributed by atoms with Crippen molar-refractivity contribution in [2.24, 2.45) is 23.5 Å². The molecule has 0 aliphatic carbocycles. The van der Waals surface area contributed by atoms with Gasteiger partial charge in [0.25, 0.3) is 0 Å². The Bertz CT molecular complexity index is 147. The largest absolute Gasteiger partial charge is 0.327 e. The third-order valence-electron chi connectivity index (χ3n) is 2.45. The zero-order valence-corrected chi connectivity index (χ0v) is 9.75. The van der Waals surface area contributed by atoms with Gasteiger partial charge in [-0.25, -0.2) is 0 Å². The van der Waals surface area contributed by atoms with Crippen LogP contribution in [0, 0.1) is 17.8 Å². The zero-order valence-electron chi connectivity index (χ0n) is 9.75. The van der Waals surface area contributed by atoms with Crippen LogP contribution in [0.4, 0.5) is 0 Å². The smallest absolute Gasteiger partial charge is 0.0102 e. The second-order valence-electron chi connectivity index (χ2n) is 4.52. The minimum Gasteiger partial charge on any atom is -0.327 e. The molecule has 1 nitrogen and oxygen atoms in total. The quantitative estimate of drug-likeness (QED) is 0.651. The topological polar surface area (TPSA) is 26.0 Å². The van der Waals surface area contributed by atoms with Gasteiger partial charge in [0.05, 0.1) is 0 Å². The molecule has 0 spiro atoms. The van der Waals surface area contributed by atoms with Crippen LogP contribution in [0.25, 0.3) is 0 Å². The molecule has 0 rings (SSSR count). The molecule has 13 heavy (non-hydrogen) atoms. The van der Waals surface area contributed by atoms with Crippen molar-refractivity contribution in [1.29, 1.82) is 0 Å². The first-order valence-electron chi connectivity index (χ1n) is 5.42. The van der Waals surface area contributed by atoms with Gasteiger partial charge in [0.2, 0.25) is 0 Å². The highest BCUT2D eigenvalue weighted by atomic mass is 14.6. The van der Waals surface area contributed by atoms with E-state index in [-0.39, 0.29) is 0 Å². The molecule has 0 saturated heterocycles. The van der Waals surface area contributed by atoms with Crippen LogP contribution in [0.1, 0.15) is 41.0 Å². The maximum absolute atomic E-state index is 6.05. The molecular formula is C12H25N. The van der Waals surface area contributed by atoms with Gasteiger partial charge in [-0.3, -0.25) is 0 Å². The highest BCUT2D eigenvalue weighted by Crippen LogP contribution is 2.18. The van der Waals surface area contributed by atoms with Gasteiger partial charge in [0.1, 0.15) is 0 Å². The molecule has 0 saturated carbocycles. The summed E-state index contributed by atoms with van der Waals surface area (Å²) in [6.07, 6.45) is 5.62. The Morgan fingerprint density at radius 2 is 1.62 bits per heavy atom. The maximum Gasteiger partial charge on any atom is 0.0102 e. The third kappa shape index (κ3) is 5.09. The molecule has 0 aromatic carbocycles. The Kier molecular flexibility index (Phi) is 6.06. The number of allylic oxidation sites excluding steroid dienone is 1. The van der Waals surface area contributed by atoms with Crippen LogP contribution in [0.5, 0.6) is 0 Å². The summed E-state index contributed by atoms with van der Waals surface area (Å²) in [5.41, 5.74) is 6.05. The van der Waals surface area contributed by atoms with Crippen molar-refractivity contribution < 1.29 is 0 Å². The van der Waals surface area contributed by atoms with Crippen molar-refractivity contribution in [2.45, 2.75) is 47.1 Å². The molecule has 0 aliphatic heterocycles. The second kappa shape index (κ2) is 6.20. The summed E-state index contributed by atoms with van der Waals surface area (Å²) in [6, 6.07) is 0.315. The van der Waals surface area contributed by atoms with Crippen LogP contribution in [-0.2, 0) is 0 Å². The van der Waals surface area contributed by atoms with Gasteiger partial charge in [-0.2, -0.15) is 0 Å². The monoisotopic (exact) mass is 183 g/mol. The van der Waals surface area contributed by atoms with E-state index in [2.05, 4.69) is 46.8 Å². The molecule has 0 heterocycles. The Balaban J connectivity index is 4.26. The fourth-order valence-corrected chi connectivity index (χ4v) is 1.48. The maximum atomic E-state index is 6.05. The first kappa shape index (κ1) is 12.7. The van der Waals surface area contributed by atoms with Crippen molar-refractivity contribution in [3.05, 3.63) is 12.2 Å². The Labute approximate surface area is 83.4 Å². The van der Waals surface area contributed by atoms with E-state index >= 15 is 0 Å². The summed E-state index contributed by atoms with van der Waals surface area (Å²) in [5, 5.41) is 0. The third-order valence-corrected chi connectivity index (χ3v) is 2.45. The summed E-state index contributed by atoms with van der Waals surface area (Å²) in [4.78, 5) is 0. The fourth-order valence-electron chi connectivity index (χ4n) is 1.48. The molecule has 0 aliphatic rings. The van der Waals surface area contributed by atoms with Crippen molar-refractivity contribution in [1.82, 2.24) is 0 Å². The lowest BCUT2D eigenvalue weighted by Crippen LogP contribution is -2.31. The highest BCUT2D eigenvalue weighted by molar-refractivity contribution is 4.95. The minimum atomic E-state index is 0.315. The van der Waals surface area contributed by atoms with E-state index in [0.29, 0.717) is 23.8 Å². The summed E-state index contributed by atoms with van der Waals surface area (Å²) in [5.74, 6) is 1.81. The molecule has 78 valence electrons. The molecule has 1 heteroatoms. The summed E-state index contributed by atoms with van der Waals surface area (Å²) >= 11 is 0. The van der Waals surface area contributed by atoms with E-state index in [1.807, 2.05) is 0 Å². The number of nitrogens with two attached hydrogens (primary N) is 1. The molecule has 0 radical (unpaired) electrons. The predicted octanol–water partition coefficient (Wildman–Crippen LogP) is 3.21. The van der Waals surface area contributed by atoms with Gasteiger partial charge in [-0.05, 0) is 24.2 Å². The lowest BCUT2D eigenvalue weighted by molar-refractivity contribution is 0.377. The molecule has 2 N–H and O–H groups in total. The van der Waals surface area contributed by atoms with Crippen LogP contribution in [0.15, 0.2) is 12.2 Å². The predicted molar refractivity (Wildman–Crippen MR) is 60.6 cm³/mol. The van der Waals surface area contributed by atoms with Gasteiger partial charge in [0, 0.05) is 6.04 Å². The van der Waals surface area contributed by atoms with Crippen LogP contribution >= 0.6 is 0 Å². The Hall–Kier alpha value is -0.300. The molecule has 2 unspecified atom stereocenters. The Morgan fingerprint density at radius 1 is 1.08 bits per heavy atom. The Morgan fingerprint density at radius 3 is 1.92 bits per heavy atom. The second-order valence-corrected chi connectivity index (χ2v) is 4.52. The first-order valence-corrected chi connectivity index (χ1v) is 5.42. The van der Waals surface area contributed by atoms with Gasteiger partial charge in [-0.15, -0.1) is 0 Å². The number of rotatable bonds is 5. The molecular weight excluding hydrogens is 158 g/mol. The highest BCUT2D eigenvalue weighted by Gasteiger charge is 2.16. The lowest BCUT2D eigenvalue weighted by Gasteiger charge is -2.23. The number of hydrogen-bond acceptors (Lipinski definition) is 1. The van der Waals surface area contributed by atoms with Crippen LogP contribution in [0.2, 0.25) is 0 Å². The lowest BCUT2D eigenvalue weighted by atomic mass is 9.86. The normalized spacial score (nSPS) is 17.2. The average molecular weight is 183 g/mol. The fraction of sp³-hybridized carbons (Fsp3) is 0.833. The number of hydrogen-bond donors (Lipinski definition) is 1. The van der Waals surface area contributed by atoms with E-state index in [9.17, 15) is 0 Å². The zero-order chi connectivity index (χ0) is 10.4. The van der Waals surface area contributed by atoms with Crippen molar-refractivity contribution >= 4 is 0 Å². The molecule has 0 fully saturated rings. The van der Waals surface area contributed by atoms with Crippen molar-refractivity contribution in [3.63, 3.8) is 0 Å². The molecule has 0 aromatic rings. The average Bonchev–Trinajstić information content (AvgIpc) is 2.03. The summed E-state index contributed by atoms with van der Waals surface area (Å²) in [7, 11) is 0. The SMILES string of the molecule is CCC(N)C(C=CC(C)C)C(C)C. The first-order chi connectivity index (χ1) is 5.99. The summed E-state index contributed by atoms with van der Waals surface area (Å²) in [6.45, 7) is 11.0. The molecule has 0 bridgehead atoms. The van der Waals surface area contributed by atoms with E-state index in [4.69, 9.17) is 5.73 Å². The van der Waals surface area contributed by atoms with Gasteiger partial charge in [-0.1, -0.05) is 46.8 Å². The van der Waals surface area contributed by atoms with Crippen molar-refractivity contribution in [2.75, 3.05) is 0 Å². The van der Waals surface area contributed by atoms with Crippen molar-refractivity contribution in [3.8, 4) is 0 Å². The van der Waals surface area contributed by atoms with E-state index in [1.54, 1.807) is 0 Å². The minimum absolute atomic E-state index is 0.315. The summed E-state index contributed by atoms with van der Waals surface area (Å²) < 4.78 is 0.